The highest BCUT2D eigenvalue weighted by Gasteiger charge is 2.07. The van der Waals surface area contributed by atoms with Crippen molar-refractivity contribution >= 4 is 11.9 Å². The van der Waals surface area contributed by atoms with Gasteiger partial charge in [-0.1, -0.05) is 5.92 Å². The summed E-state index contributed by atoms with van der Waals surface area (Å²) in [5.41, 5.74) is 0. The Bertz CT molecular complexity index is 247. The first kappa shape index (κ1) is 12.5. The smallest absolute Gasteiger partial charge is 0.307 e. The molecule has 0 rings (SSSR count). The van der Waals surface area contributed by atoms with Gasteiger partial charge in [0.2, 0.25) is 0 Å². The Morgan fingerprint density at radius 1 is 1.14 bits per heavy atom. The standard InChI is InChI=1S/C10H14O4/c1-3-5-8-14-10(12)7-6-9(11)13-4-2/h4,6-8H2,1-2H3. The van der Waals surface area contributed by atoms with Crippen molar-refractivity contribution in [3.63, 3.8) is 0 Å². The molecule has 0 amide bonds. The molecule has 0 aliphatic rings. The molecule has 4 nitrogen and oxygen atoms in total. The molecule has 0 N–H and O–H groups in total. The van der Waals surface area contributed by atoms with Gasteiger partial charge in [-0.05, 0) is 13.8 Å². The summed E-state index contributed by atoms with van der Waals surface area (Å²) in [4.78, 5) is 21.7. The molecule has 0 atom stereocenters. The van der Waals surface area contributed by atoms with Crippen LogP contribution in [-0.2, 0) is 19.1 Å². The monoisotopic (exact) mass is 198 g/mol. The van der Waals surface area contributed by atoms with Gasteiger partial charge in [0.05, 0.1) is 19.4 Å². The average Bonchev–Trinajstić information content (AvgIpc) is 2.16. The molecule has 0 saturated carbocycles. The number of carbonyl (C=O) groups is 2. The molecule has 78 valence electrons. The third-order valence-electron chi connectivity index (χ3n) is 1.32. The number of hydrogen-bond acceptors (Lipinski definition) is 4. The van der Waals surface area contributed by atoms with E-state index in [0.29, 0.717) is 6.61 Å². The molecule has 0 aromatic rings. The van der Waals surface area contributed by atoms with Gasteiger partial charge in [-0.3, -0.25) is 9.59 Å². The van der Waals surface area contributed by atoms with Crippen molar-refractivity contribution in [3.05, 3.63) is 0 Å². The van der Waals surface area contributed by atoms with E-state index >= 15 is 0 Å². The summed E-state index contributed by atoms with van der Waals surface area (Å²) in [5.74, 6) is 4.36. The molecular weight excluding hydrogens is 184 g/mol. The van der Waals surface area contributed by atoms with Gasteiger partial charge in [-0.15, -0.1) is 5.92 Å². The van der Waals surface area contributed by atoms with Gasteiger partial charge in [-0.2, -0.15) is 0 Å². The summed E-state index contributed by atoms with van der Waals surface area (Å²) in [6.07, 6.45) is 0.108. The fraction of sp³-hybridized carbons (Fsp3) is 0.600. The van der Waals surface area contributed by atoms with Crippen LogP contribution in [0.5, 0.6) is 0 Å². The third kappa shape index (κ3) is 7.17. The van der Waals surface area contributed by atoms with Gasteiger partial charge in [0.15, 0.2) is 6.61 Å². The van der Waals surface area contributed by atoms with Crippen LogP contribution in [0.3, 0.4) is 0 Å². The Morgan fingerprint density at radius 3 is 2.21 bits per heavy atom. The Kier molecular flexibility index (Phi) is 7.24. The van der Waals surface area contributed by atoms with E-state index in [-0.39, 0.29) is 25.4 Å². The van der Waals surface area contributed by atoms with E-state index < -0.39 is 5.97 Å². The van der Waals surface area contributed by atoms with Gasteiger partial charge in [-0.25, -0.2) is 0 Å². The van der Waals surface area contributed by atoms with Crippen molar-refractivity contribution in [1.29, 1.82) is 0 Å². The van der Waals surface area contributed by atoms with Crippen molar-refractivity contribution in [2.45, 2.75) is 26.7 Å². The van der Waals surface area contributed by atoms with Gasteiger partial charge in [0.1, 0.15) is 0 Å². The topological polar surface area (TPSA) is 52.6 Å². The highest BCUT2D eigenvalue weighted by molar-refractivity contribution is 5.77. The van der Waals surface area contributed by atoms with Gasteiger partial charge < -0.3 is 9.47 Å². The third-order valence-corrected chi connectivity index (χ3v) is 1.32. The zero-order valence-electron chi connectivity index (χ0n) is 8.46. The Morgan fingerprint density at radius 2 is 1.71 bits per heavy atom. The molecule has 0 aliphatic heterocycles. The van der Waals surface area contributed by atoms with Crippen molar-refractivity contribution < 1.29 is 19.1 Å². The van der Waals surface area contributed by atoms with Gasteiger partial charge in [0.25, 0.3) is 0 Å². The summed E-state index contributed by atoms with van der Waals surface area (Å²) in [5, 5.41) is 0. The maximum atomic E-state index is 10.9. The Hall–Kier alpha value is -1.50. The number of rotatable bonds is 5. The Balaban J connectivity index is 3.51. The maximum absolute atomic E-state index is 10.9. The summed E-state index contributed by atoms with van der Waals surface area (Å²) < 4.78 is 9.33. The highest BCUT2D eigenvalue weighted by Crippen LogP contribution is 1.95. The molecule has 0 radical (unpaired) electrons. The summed E-state index contributed by atoms with van der Waals surface area (Å²) in [6, 6.07) is 0. The number of esters is 2. The zero-order valence-corrected chi connectivity index (χ0v) is 8.46. The molecule has 14 heavy (non-hydrogen) atoms. The molecule has 0 unspecified atom stereocenters. The van der Waals surface area contributed by atoms with Crippen LogP contribution < -0.4 is 0 Å². The molecule has 0 fully saturated rings. The lowest BCUT2D eigenvalue weighted by molar-refractivity contribution is -0.149. The van der Waals surface area contributed by atoms with E-state index in [9.17, 15) is 9.59 Å². The lowest BCUT2D eigenvalue weighted by atomic mass is 10.3. The van der Waals surface area contributed by atoms with Crippen LogP contribution in [0.2, 0.25) is 0 Å². The zero-order chi connectivity index (χ0) is 10.8. The largest absolute Gasteiger partial charge is 0.466 e. The molecule has 4 heteroatoms. The molecule has 0 heterocycles. The molecule has 0 spiro atoms. The van der Waals surface area contributed by atoms with E-state index in [4.69, 9.17) is 4.74 Å². The first-order chi connectivity index (χ1) is 6.70. The van der Waals surface area contributed by atoms with Crippen LogP contribution in [0.15, 0.2) is 0 Å². The van der Waals surface area contributed by atoms with Gasteiger partial charge >= 0.3 is 11.9 Å². The predicted octanol–water partition coefficient (Wildman–Crippen LogP) is 0.896. The second-order valence-corrected chi connectivity index (χ2v) is 2.39. The van der Waals surface area contributed by atoms with Crippen LogP contribution in [0.25, 0.3) is 0 Å². The van der Waals surface area contributed by atoms with E-state index in [0.717, 1.165) is 0 Å². The fourth-order valence-electron chi connectivity index (χ4n) is 0.698. The summed E-state index contributed by atoms with van der Waals surface area (Å²) >= 11 is 0. The van der Waals surface area contributed by atoms with Gasteiger partial charge in [0, 0.05) is 0 Å². The molecule has 0 saturated heterocycles. The first-order valence-corrected chi connectivity index (χ1v) is 4.41. The normalized spacial score (nSPS) is 8.43. The minimum atomic E-state index is -0.430. The lowest BCUT2D eigenvalue weighted by Gasteiger charge is -2.01. The predicted molar refractivity (Wildman–Crippen MR) is 50.3 cm³/mol. The lowest BCUT2D eigenvalue weighted by Crippen LogP contribution is -2.10. The van der Waals surface area contributed by atoms with Crippen LogP contribution >= 0.6 is 0 Å². The van der Waals surface area contributed by atoms with Crippen LogP contribution in [0.1, 0.15) is 26.7 Å². The van der Waals surface area contributed by atoms with Crippen molar-refractivity contribution in [1.82, 2.24) is 0 Å². The average molecular weight is 198 g/mol. The van der Waals surface area contributed by atoms with Crippen LogP contribution in [0, 0.1) is 11.8 Å². The van der Waals surface area contributed by atoms with Crippen molar-refractivity contribution in [2.75, 3.05) is 13.2 Å². The minimum Gasteiger partial charge on any atom is -0.466 e. The van der Waals surface area contributed by atoms with Crippen molar-refractivity contribution in [2.24, 2.45) is 0 Å². The van der Waals surface area contributed by atoms with Crippen LogP contribution in [-0.4, -0.2) is 25.2 Å². The van der Waals surface area contributed by atoms with E-state index in [2.05, 4.69) is 16.6 Å². The maximum Gasteiger partial charge on any atom is 0.307 e. The van der Waals surface area contributed by atoms with E-state index in [1.54, 1.807) is 13.8 Å². The molecule has 0 aliphatic carbocycles. The minimum absolute atomic E-state index is 0.0459. The second kappa shape index (κ2) is 8.11. The van der Waals surface area contributed by atoms with Crippen LogP contribution in [0.4, 0.5) is 0 Å². The molecule has 0 aromatic carbocycles. The second-order valence-electron chi connectivity index (χ2n) is 2.39. The molecule has 0 aromatic heterocycles. The summed E-state index contributed by atoms with van der Waals surface area (Å²) in [7, 11) is 0. The number of hydrogen-bond donors (Lipinski definition) is 0. The Labute approximate surface area is 83.6 Å². The summed E-state index contributed by atoms with van der Waals surface area (Å²) in [6.45, 7) is 3.78. The number of ether oxygens (including phenoxy) is 2. The first-order valence-electron chi connectivity index (χ1n) is 4.41. The quantitative estimate of drug-likeness (QED) is 0.486. The highest BCUT2D eigenvalue weighted by atomic mass is 16.5. The molecule has 0 bridgehead atoms. The van der Waals surface area contributed by atoms with E-state index in [1.807, 2.05) is 0 Å². The van der Waals surface area contributed by atoms with Crippen molar-refractivity contribution in [3.8, 4) is 11.8 Å². The SMILES string of the molecule is CC#CCOC(=O)CCC(=O)OCC. The number of carbonyl (C=O) groups excluding carboxylic acids is 2. The van der Waals surface area contributed by atoms with E-state index in [1.165, 1.54) is 0 Å². The molecular formula is C10H14O4. The fourth-order valence-corrected chi connectivity index (χ4v) is 0.698.